The van der Waals surface area contributed by atoms with Crippen molar-refractivity contribution in [3.8, 4) is 17.1 Å². The van der Waals surface area contributed by atoms with Gasteiger partial charge in [-0.05, 0) is 17.7 Å². The number of aromatic amines is 1. The monoisotopic (exact) mass is 224 g/mol. The van der Waals surface area contributed by atoms with Crippen molar-refractivity contribution in [3.63, 3.8) is 0 Å². The Hall–Kier alpha value is -2.29. The van der Waals surface area contributed by atoms with E-state index in [2.05, 4.69) is 22.1 Å². The Balaban J connectivity index is 2.14. The van der Waals surface area contributed by atoms with E-state index in [1.807, 2.05) is 36.4 Å². The molecule has 0 unspecified atom stereocenters. The molecule has 0 fully saturated rings. The van der Waals surface area contributed by atoms with Crippen molar-refractivity contribution in [2.24, 2.45) is 0 Å². The van der Waals surface area contributed by atoms with Crippen LogP contribution in [0.1, 0.15) is 0 Å². The Kier molecular flexibility index (Phi) is 2.29. The predicted octanol–water partition coefficient (Wildman–Crippen LogP) is 3.24. The Morgan fingerprint density at radius 1 is 1.06 bits per heavy atom. The normalized spacial score (nSPS) is 10.6. The second-order valence-corrected chi connectivity index (χ2v) is 3.84. The van der Waals surface area contributed by atoms with Gasteiger partial charge in [-0.1, -0.05) is 30.3 Å². The van der Waals surface area contributed by atoms with Crippen molar-refractivity contribution in [1.82, 2.24) is 9.97 Å². The number of rotatable bonds is 2. The average Bonchev–Trinajstić information content (AvgIpc) is 2.82. The van der Waals surface area contributed by atoms with E-state index >= 15 is 0 Å². The number of benzene rings is 1. The molecular formula is C14H12N2O. The molecule has 0 amide bonds. The maximum atomic E-state index is 5.11. The second-order valence-electron chi connectivity index (χ2n) is 3.84. The highest BCUT2D eigenvalue weighted by Crippen LogP contribution is 2.24. The first-order valence-corrected chi connectivity index (χ1v) is 5.46. The summed E-state index contributed by atoms with van der Waals surface area (Å²) < 4.78 is 5.11. The first kappa shape index (κ1) is 9.90. The molecule has 3 nitrogen and oxygen atoms in total. The summed E-state index contributed by atoms with van der Waals surface area (Å²) >= 11 is 0. The van der Waals surface area contributed by atoms with Crippen LogP contribution in [0, 0.1) is 0 Å². The van der Waals surface area contributed by atoms with Gasteiger partial charge in [-0.25, -0.2) is 4.98 Å². The van der Waals surface area contributed by atoms with Crippen molar-refractivity contribution < 1.29 is 4.74 Å². The van der Waals surface area contributed by atoms with Crippen LogP contribution in [0.5, 0.6) is 5.88 Å². The Bertz CT molecular complexity index is 644. The van der Waals surface area contributed by atoms with Crippen molar-refractivity contribution in [1.29, 1.82) is 0 Å². The lowest BCUT2D eigenvalue weighted by atomic mass is 10.2. The molecule has 3 aromatic rings. The molecular weight excluding hydrogens is 212 g/mol. The summed E-state index contributed by atoms with van der Waals surface area (Å²) in [5.41, 5.74) is 4.17. The fourth-order valence-electron chi connectivity index (χ4n) is 1.88. The lowest BCUT2D eigenvalue weighted by Crippen LogP contribution is -1.85. The number of hydrogen-bond donors (Lipinski definition) is 1. The van der Waals surface area contributed by atoms with Crippen molar-refractivity contribution >= 4 is 11.0 Å². The summed E-state index contributed by atoms with van der Waals surface area (Å²) in [5, 5.41) is 0. The molecule has 0 saturated carbocycles. The number of aromatic nitrogens is 2. The van der Waals surface area contributed by atoms with Crippen LogP contribution in [0.2, 0.25) is 0 Å². The molecule has 0 aliphatic rings. The molecule has 2 aromatic heterocycles. The SMILES string of the molecule is COc1ccc2[nH]c(-c3ccccc3)cc2n1. The van der Waals surface area contributed by atoms with Gasteiger partial charge in [0.2, 0.25) is 5.88 Å². The summed E-state index contributed by atoms with van der Waals surface area (Å²) in [6.07, 6.45) is 0. The van der Waals surface area contributed by atoms with Gasteiger partial charge in [0.05, 0.1) is 18.1 Å². The first-order chi connectivity index (χ1) is 8.36. The fraction of sp³-hybridized carbons (Fsp3) is 0.0714. The number of methoxy groups -OCH3 is 1. The van der Waals surface area contributed by atoms with Crippen LogP contribution in [-0.4, -0.2) is 17.1 Å². The van der Waals surface area contributed by atoms with Gasteiger partial charge < -0.3 is 9.72 Å². The standard InChI is InChI=1S/C14H12N2O/c1-17-14-8-7-11-13(16-14)9-12(15-11)10-5-3-2-4-6-10/h2-9,15H,1H3. The quantitative estimate of drug-likeness (QED) is 0.725. The van der Waals surface area contributed by atoms with Gasteiger partial charge in [0.25, 0.3) is 0 Å². The van der Waals surface area contributed by atoms with Crippen molar-refractivity contribution in [2.45, 2.75) is 0 Å². The van der Waals surface area contributed by atoms with E-state index in [9.17, 15) is 0 Å². The predicted molar refractivity (Wildman–Crippen MR) is 68.1 cm³/mol. The van der Waals surface area contributed by atoms with Crippen molar-refractivity contribution in [3.05, 3.63) is 48.5 Å². The van der Waals surface area contributed by atoms with Crippen LogP contribution in [0.15, 0.2) is 48.5 Å². The molecule has 0 aliphatic heterocycles. The molecule has 1 N–H and O–H groups in total. The average molecular weight is 224 g/mol. The number of hydrogen-bond acceptors (Lipinski definition) is 2. The molecule has 0 radical (unpaired) electrons. The van der Waals surface area contributed by atoms with E-state index in [4.69, 9.17) is 4.74 Å². The van der Waals surface area contributed by atoms with Gasteiger partial charge in [0.15, 0.2) is 0 Å². The summed E-state index contributed by atoms with van der Waals surface area (Å²) in [5.74, 6) is 0.635. The highest BCUT2D eigenvalue weighted by Gasteiger charge is 2.04. The Morgan fingerprint density at radius 2 is 1.88 bits per heavy atom. The molecule has 0 saturated heterocycles. The lowest BCUT2D eigenvalue weighted by Gasteiger charge is -1.96. The molecule has 3 heteroatoms. The summed E-state index contributed by atoms with van der Waals surface area (Å²) in [6.45, 7) is 0. The lowest BCUT2D eigenvalue weighted by molar-refractivity contribution is 0.399. The Labute approximate surface area is 99.1 Å². The molecule has 1 aromatic carbocycles. The third kappa shape index (κ3) is 1.76. The van der Waals surface area contributed by atoms with Crippen LogP contribution in [0.4, 0.5) is 0 Å². The summed E-state index contributed by atoms with van der Waals surface area (Å²) in [6, 6.07) is 16.1. The number of pyridine rings is 1. The van der Waals surface area contributed by atoms with Gasteiger partial charge >= 0.3 is 0 Å². The second kappa shape index (κ2) is 3.94. The largest absolute Gasteiger partial charge is 0.481 e. The molecule has 84 valence electrons. The summed E-state index contributed by atoms with van der Waals surface area (Å²) in [7, 11) is 1.62. The first-order valence-electron chi connectivity index (χ1n) is 5.46. The molecule has 17 heavy (non-hydrogen) atoms. The molecule has 0 bridgehead atoms. The molecule has 3 rings (SSSR count). The molecule has 0 atom stereocenters. The van der Waals surface area contributed by atoms with Gasteiger partial charge in [-0.2, -0.15) is 0 Å². The molecule has 0 spiro atoms. The third-order valence-corrected chi connectivity index (χ3v) is 2.74. The van der Waals surface area contributed by atoms with Crippen LogP contribution in [0.3, 0.4) is 0 Å². The number of H-pyrrole nitrogens is 1. The van der Waals surface area contributed by atoms with Gasteiger partial charge in [0.1, 0.15) is 0 Å². The van der Waals surface area contributed by atoms with E-state index in [0.717, 1.165) is 22.3 Å². The van der Waals surface area contributed by atoms with Crippen LogP contribution < -0.4 is 4.74 Å². The zero-order chi connectivity index (χ0) is 11.7. The zero-order valence-corrected chi connectivity index (χ0v) is 9.47. The van der Waals surface area contributed by atoms with E-state index < -0.39 is 0 Å². The maximum absolute atomic E-state index is 5.11. The van der Waals surface area contributed by atoms with E-state index in [0.29, 0.717) is 5.88 Å². The number of nitrogens with one attached hydrogen (secondary N) is 1. The summed E-state index contributed by atoms with van der Waals surface area (Å²) in [4.78, 5) is 7.73. The van der Waals surface area contributed by atoms with Gasteiger partial charge in [-0.15, -0.1) is 0 Å². The van der Waals surface area contributed by atoms with Crippen LogP contribution in [-0.2, 0) is 0 Å². The van der Waals surface area contributed by atoms with Gasteiger partial charge in [-0.3, -0.25) is 0 Å². The van der Waals surface area contributed by atoms with E-state index in [1.165, 1.54) is 0 Å². The van der Waals surface area contributed by atoms with Gasteiger partial charge in [0, 0.05) is 11.8 Å². The third-order valence-electron chi connectivity index (χ3n) is 2.74. The molecule has 2 heterocycles. The van der Waals surface area contributed by atoms with Crippen LogP contribution >= 0.6 is 0 Å². The highest BCUT2D eigenvalue weighted by atomic mass is 16.5. The minimum atomic E-state index is 0.635. The minimum absolute atomic E-state index is 0.635. The maximum Gasteiger partial charge on any atom is 0.213 e. The molecule has 0 aliphatic carbocycles. The number of ether oxygens (including phenoxy) is 1. The number of fused-ring (bicyclic) bond motifs is 1. The van der Waals surface area contributed by atoms with E-state index in [-0.39, 0.29) is 0 Å². The zero-order valence-electron chi connectivity index (χ0n) is 9.47. The topological polar surface area (TPSA) is 37.9 Å². The highest BCUT2D eigenvalue weighted by molar-refractivity contribution is 5.82. The smallest absolute Gasteiger partial charge is 0.213 e. The van der Waals surface area contributed by atoms with Crippen molar-refractivity contribution in [2.75, 3.05) is 7.11 Å². The Morgan fingerprint density at radius 3 is 2.65 bits per heavy atom. The number of nitrogens with zero attached hydrogens (tertiary/aromatic N) is 1. The minimum Gasteiger partial charge on any atom is -0.481 e. The van der Waals surface area contributed by atoms with E-state index in [1.54, 1.807) is 7.11 Å². The fourth-order valence-corrected chi connectivity index (χ4v) is 1.88. The van der Waals surface area contributed by atoms with Crippen LogP contribution in [0.25, 0.3) is 22.3 Å².